The average molecular weight is 385 g/mol. The van der Waals surface area contributed by atoms with Gasteiger partial charge in [0.2, 0.25) is 5.91 Å². The summed E-state index contributed by atoms with van der Waals surface area (Å²) in [5.41, 5.74) is 1.34. The summed E-state index contributed by atoms with van der Waals surface area (Å²) in [7, 11) is 4.68. The van der Waals surface area contributed by atoms with E-state index in [1.807, 2.05) is 0 Å². The number of rotatable bonds is 6. The molecule has 1 atom stereocenters. The molecule has 2 N–H and O–H groups in total. The molecule has 0 saturated carbocycles. The zero-order chi connectivity index (χ0) is 20.1. The fraction of sp³-hybridized carbons (Fsp3) is 0.300. The highest BCUT2D eigenvalue weighted by atomic mass is 16.5. The molecule has 8 heteroatoms. The number of methoxy groups -OCH3 is 3. The number of urea groups is 1. The molecule has 1 aliphatic heterocycles. The van der Waals surface area contributed by atoms with Crippen LogP contribution in [0.4, 0.5) is 16.2 Å². The Labute approximate surface area is 163 Å². The minimum Gasteiger partial charge on any atom is -0.497 e. The maximum Gasteiger partial charge on any atom is 0.319 e. The van der Waals surface area contributed by atoms with Crippen LogP contribution in [0.3, 0.4) is 0 Å². The molecular weight excluding hydrogens is 362 g/mol. The monoisotopic (exact) mass is 385 g/mol. The SMILES string of the molecule is COc1ccc(NC(=O)NC2CC(=O)N(c3ccc(OC)c(OC)c3)C2)cc1. The smallest absolute Gasteiger partial charge is 0.319 e. The van der Waals surface area contributed by atoms with E-state index >= 15 is 0 Å². The van der Waals surface area contributed by atoms with Crippen molar-refractivity contribution in [1.82, 2.24) is 5.32 Å². The molecule has 8 nitrogen and oxygen atoms in total. The maximum atomic E-state index is 12.4. The van der Waals surface area contributed by atoms with Gasteiger partial charge in [0.25, 0.3) is 0 Å². The van der Waals surface area contributed by atoms with Gasteiger partial charge in [-0.25, -0.2) is 4.79 Å². The van der Waals surface area contributed by atoms with Crippen molar-refractivity contribution in [3.05, 3.63) is 42.5 Å². The number of hydrogen-bond acceptors (Lipinski definition) is 5. The molecule has 0 bridgehead atoms. The number of carbonyl (C=O) groups excluding carboxylic acids is 2. The molecule has 2 aromatic carbocycles. The van der Waals surface area contributed by atoms with E-state index in [1.54, 1.807) is 68.7 Å². The second-order valence-electron chi connectivity index (χ2n) is 6.27. The van der Waals surface area contributed by atoms with E-state index in [1.165, 1.54) is 0 Å². The highest BCUT2D eigenvalue weighted by Gasteiger charge is 2.32. The Kier molecular flexibility index (Phi) is 5.88. The molecule has 0 radical (unpaired) electrons. The normalized spacial score (nSPS) is 15.9. The number of hydrogen-bond donors (Lipinski definition) is 2. The Morgan fingerprint density at radius 1 is 1.00 bits per heavy atom. The quantitative estimate of drug-likeness (QED) is 0.798. The Morgan fingerprint density at radius 3 is 2.36 bits per heavy atom. The summed E-state index contributed by atoms with van der Waals surface area (Å²) < 4.78 is 15.6. The van der Waals surface area contributed by atoms with Crippen molar-refractivity contribution in [1.29, 1.82) is 0 Å². The lowest BCUT2D eigenvalue weighted by molar-refractivity contribution is -0.117. The molecule has 0 aromatic heterocycles. The molecule has 0 aliphatic carbocycles. The Hall–Kier alpha value is -3.42. The molecule has 1 aliphatic rings. The van der Waals surface area contributed by atoms with Crippen molar-refractivity contribution < 1.29 is 23.8 Å². The van der Waals surface area contributed by atoms with E-state index in [0.29, 0.717) is 35.2 Å². The van der Waals surface area contributed by atoms with Crippen LogP contribution < -0.4 is 29.7 Å². The van der Waals surface area contributed by atoms with Crippen LogP contribution in [0.2, 0.25) is 0 Å². The van der Waals surface area contributed by atoms with Crippen LogP contribution in [0.1, 0.15) is 6.42 Å². The Morgan fingerprint density at radius 2 is 1.71 bits per heavy atom. The number of amides is 3. The van der Waals surface area contributed by atoms with Crippen molar-refractivity contribution >= 4 is 23.3 Å². The lowest BCUT2D eigenvalue weighted by Crippen LogP contribution is -2.39. The third kappa shape index (κ3) is 4.28. The fourth-order valence-electron chi connectivity index (χ4n) is 3.07. The van der Waals surface area contributed by atoms with Crippen molar-refractivity contribution in [2.45, 2.75) is 12.5 Å². The second kappa shape index (κ2) is 8.51. The number of nitrogens with zero attached hydrogens (tertiary/aromatic N) is 1. The molecule has 1 saturated heterocycles. The number of carbonyl (C=O) groups is 2. The van der Waals surface area contributed by atoms with Gasteiger partial charge in [-0.15, -0.1) is 0 Å². The molecule has 1 fully saturated rings. The summed E-state index contributed by atoms with van der Waals surface area (Å²) >= 11 is 0. The van der Waals surface area contributed by atoms with Gasteiger partial charge in [0.15, 0.2) is 11.5 Å². The first-order chi connectivity index (χ1) is 13.5. The van der Waals surface area contributed by atoms with Gasteiger partial charge < -0.3 is 29.7 Å². The Bertz CT molecular complexity index is 853. The summed E-state index contributed by atoms with van der Waals surface area (Å²) in [5, 5.41) is 5.59. The number of benzene rings is 2. The van der Waals surface area contributed by atoms with Crippen LogP contribution in [0.25, 0.3) is 0 Å². The zero-order valence-electron chi connectivity index (χ0n) is 16.0. The topological polar surface area (TPSA) is 89.1 Å². The van der Waals surface area contributed by atoms with E-state index in [0.717, 1.165) is 0 Å². The highest BCUT2D eigenvalue weighted by Crippen LogP contribution is 2.33. The van der Waals surface area contributed by atoms with Crippen LogP contribution in [-0.2, 0) is 4.79 Å². The van der Waals surface area contributed by atoms with Crippen molar-refractivity contribution in [3.63, 3.8) is 0 Å². The summed E-state index contributed by atoms with van der Waals surface area (Å²) in [6.45, 7) is 0.379. The predicted octanol–water partition coefficient (Wildman–Crippen LogP) is 2.64. The van der Waals surface area contributed by atoms with E-state index < -0.39 is 0 Å². The van der Waals surface area contributed by atoms with Crippen LogP contribution in [-0.4, -0.2) is 45.9 Å². The molecular formula is C20H23N3O5. The van der Waals surface area contributed by atoms with E-state index in [9.17, 15) is 9.59 Å². The van der Waals surface area contributed by atoms with Crippen molar-refractivity contribution in [2.75, 3.05) is 38.1 Å². The lowest BCUT2D eigenvalue weighted by Gasteiger charge is -2.19. The van der Waals surface area contributed by atoms with Gasteiger partial charge >= 0.3 is 6.03 Å². The van der Waals surface area contributed by atoms with Gasteiger partial charge in [0.05, 0.1) is 27.4 Å². The van der Waals surface area contributed by atoms with Crippen LogP contribution in [0.5, 0.6) is 17.2 Å². The van der Waals surface area contributed by atoms with Crippen LogP contribution in [0, 0.1) is 0 Å². The molecule has 1 heterocycles. The molecule has 3 amide bonds. The number of nitrogens with one attached hydrogen (secondary N) is 2. The van der Waals surface area contributed by atoms with Crippen molar-refractivity contribution in [3.8, 4) is 17.2 Å². The largest absolute Gasteiger partial charge is 0.497 e. The first-order valence-electron chi connectivity index (χ1n) is 8.78. The first kappa shape index (κ1) is 19.3. The van der Waals surface area contributed by atoms with E-state index in [2.05, 4.69) is 10.6 Å². The van der Waals surface area contributed by atoms with Crippen LogP contribution >= 0.6 is 0 Å². The minimum absolute atomic E-state index is 0.0676. The summed E-state index contributed by atoms with van der Waals surface area (Å²) in [6, 6.07) is 11.6. The van der Waals surface area contributed by atoms with Crippen molar-refractivity contribution in [2.24, 2.45) is 0 Å². The highest BCUT2D eigenvalue weighted by molar-refractivity contribution is 5.98. The Balaban J connectivity index is 1.61. The summed E-state index contributed by atoms with van der Waals surface area (Å²) in [4.78, 5) is 26.3. The molecule has 0 spiro atoms. The number of ether oxygens (including phenoxy) is 3. The molecule has 2 aromatic rings. The first-order valence-corrected chi connectivity index (χ1v) is 8.78. The summed E-state index contributed by atoms with van der Waals surface area (Å²) in [6.07, 6.45) is 0.227. The molecule has 1 unspecified atom stereocenters. The predicted molar refractivity (Wildman–Crippen MR) is 105 cm³/mol. The van der Waals surface area contributed by atoms with E-state index in [4.69, 9.17) is 14.2 Å². The van der Waals surface area contributed by atoms with Gasteiger partial charge in [-0.2, -0.15) is 0 Å². The third-order valence-electron chi connectivity index (χ3n) is 4.49. The minimum atomic E-state index is -0.364. The van der Waals surface area contributed by atoms with Gasteiger partial charge in [-0.3, -0.25) is 4.79 Å². The lowest BCUT2D eigenvalue weighted by atomic mass is 10.2. The van der Waals surface area contributed by atoms with Gasteiger partial charge in [-0.1, -0.05) is 0 Å². The molecule has 28 heavy (non-hydrogen) atoms. The van der Waals surface area contributed by atoms with Crippen LogP contribution in [0.15, 0.2) is 42.5 Å². The molecule has 3 rings (SSSR count). The zero-order valence-corrected chi connectivity index (χ0v) is 16.0. The fourth-order valence-corrected chi connectivity index (χ4v) is 3.07. The standard InChI is InChI=1S/C20H23N3O5/c1-26-16-7-4-13(5-8-16)21-20(25)22-14-10-19(24)23(12-14)15-6-9-17(27-2)18(11-15)28-3/h4-9,11,14H,10,12H2,1-3H3,(H2,21,22,25). The van der Waals surface area contributed by atoms with E-state index in [-0.39, 0.29) is 24.4 Å². The number of anilines is 2. The summed E-state index contributed by atoms with van der Waals surface area (Å²) in [5.74, 6) is 1.77. The van der Waals surface area contributed by atoms with Gasteiger partial charge in [0.1, 0.15) is 5.75 Å². The molecule has 148 valence electrons. The third-order valence-corrected chi connectivity index (χ3v) is 4.49. The second-order valence-corrected chi connectivity index (χ2v) is 6.27. The van der Waals surface area contributed by atoms with Gasteiger partial charge in [0, 0.05) is 30.4 Å². The average Bonchev–Trinajstić information content (AvgIpc) is 3.07. The maximum absolute atomic E-state index is 12.4. The van der Waals surface area contributed by atoms with Gasteiger partial charge in [-0.05, 0) is 36.4 Å².